The standard InChI is InChI=1S/C17H25N3O5/c1-6-24-15(21)14-13-11(19(5)18-14)7-10-8-23-9-12(13)20(10)16(22)25-17(2,3)4/h10,12H,6-9H2,1-5H3/t10-,12-/m1/s1. The van der Waals surface area contributed by atoms with Crippen molar-refractivity contribution in [3.8, 4) is 0 Å². The van der Waals surface area contributed by atoms with Crippen LogP contribution in [0.5, 0.6) is 0 Å². The van der Waals surface area contributed by atoms with Crippen LogP contribution in [0.4, 0.5) is 4.79 Å². The van der Waals surface area contributed by atoms with E-state index >= 15 is 0 Å². The molecular weight excluding hydrogens is 326 g/mol. The summed E-state index contributed by atoms with van der Waals surface area (Å²) < 4.78 is 18.1. The van der Waals surface area contributed by atoms with Crippen LogP contribution >= 0.6 is 0 Å². The Hall–Kier alpha value is -2.09. The number of nitrogens with zero attached hydrogens (tertiary/aromatic N) is 3. The van der Waals surface area contributed by atoms with E-state index in [4.69, 9.17) is 14.2 Å². The summed E-state index contributed by atoms with van der Waals surface area (Å²) in [5.74, 6) is -0.479. The zero-order valence-electron chi connectivity index (χ0n) is 15.4. The average Bonchev–Trinajstić information content (AvgIpc) is 2.82. The van der Waals surface area contributed by atoms with Gasteiger partial charge in [-0.2, -0.15) is 5.10 Å². The number of carbonyl (C=O) groups is 2. The number of esters is 1. The van der Waals surface area contributed by atoms with Crippen LogP contribution < -0.4 is 0 Å². The molecule has 0 radical (unpaired) electrons. The minimum atomic E-state index is -0.592. The highest BCUT2D eigenvalue weighted by atomic mass is 16.6. The number of morpholine rings is 1. The molecule has 0 aliphatic carbocycles. The monoisotopic (exact) mass is 351 g/mol. The molecule has 0 saturated carbocycles. The van der Waals surface area contributed by atoms with Gasteiger partial charge < -0.3 is 14.2 Å². The molecule has 3 rings (SSSR count). The maximum Gasteiger partial charge on any atom is 0.411 e. The van der Waals surface area contributed by atoms with Gasteiger partial charge in [0.25, 0.3) is 0 Å². The molecule has 0 unspecified atom stereocenters. The quantitative estimate of drug-likeness (QED) is 0.756. The van der Waals surface area contributed by atoms with Crippen LogP contribution in [0.1, 0.15) is 55.5 Å². The zero-order valence-corrected chi connectivity index (χ0v) is 15.4. The molecule has 8 nitrogen and oxygen atoms in total. The van der Waals surface area contributed by atoms with Crippen LogP contribution in [0.3, 0.4) is 0 Å². The molecule has 1 aromatic rings. The third-order valence-corrected chi connectivity index (χ3v) is 4.36. The first-order valence-electron chi connectivity index (χ1n) is 8.55. The van der Waals surface area contributed by atoms with Gasteiger partial charge in [-0.05, 0) is 27.7 Å². The molecule has 2 aliphatic heterocycles. The van der Waals surface area contributed by atoms with Gasteiger partial charge in [-0.15, -0.1) is 0 Å². The lowest BCUT2D eigenvalue weighted by Crippen LogP contribution is -2.55. The first-order valence-corrected chi connectivity index (χ1v) is 8.55. The number of fused-ring (bicyclic) bond motifs is 4. The molecular formula is C17H25N3O5. The number of aromatic nitrogens is 2. The second-order valence-corrected chi connectivity index (χ2v) is 7.35. The Morgan fingerprint density at radius 2 is 2.04 bits per heavy atom. The number of rotatable bonds is 2. The SMILES string of the molecule is CCOC(=O)c1nn(C)c2c1[C@H]1COC[C@@H](C2)N1C(=O)OC(C)(C)C. The molecule has 1 fully saturated rings. The summed E-state index contributed by atoms with van der Waals surface area (Å²) >= 11 is 0. The maximum absolute atomic E-state index is 12.8. The molecule has 3 heterocycles. The highest BCUT2D eigenvalue weighted by Crippen LogP contribution is 2.39. The van der Waals surface area contributed by atoms with Gasteiger partial charge in [0.05, 0.1) is 31.9 Å². The van der Waals surface area contributed by atoms with Crippen molar-refractivity contribution in [3.05, 3.63) is 17.0 Å². The molecule has 0 spiro atoms. The number of hydrogen-bond donors (Lipinski definition) is 0. The fourth-order valence-electron chi connectivity index (χ4n) is 3.44. The first-order chi connectivity index (χ1) is 11.7. The van der Waals surface area contributed by atoms with E-state index in [1.165, 1.54) is 0 Å². The van der Waals surface area contributed by atoms with E-state index in [-0.39, 0.29) is 18.3 Å². The Morgan fingerprint density at radius 3 is 2.68 bits per heavy atom. The van der Waals surface area contributed by atoms with Gasteiger partial charge in [0.15, 0.2) is 5.69 Å². The molecule has 1 aromatic heterocycles. The van der Waals surface area contributed by atoms with Crippen molar-refractivity contribution >= 4 is 12.1 Å². The zero-order chi connectivity index (χ0) is 18.4. The summed E-state index contributed by atoms with van der Waals surface area (Å²) in [6, 6.07) is -0.531. The predicted octanol–water partition coefficient (Wildman–Crippen LogP) is 1.83. The number of amides is 1. The van der Waals surface area contributed by atoms with Crippen LogP contribution in [0.15, 0.2) is 0 Å². The smallest absolute Gasteiger partial charge is 0.411 e. The molecule has 2 aliphatic rings. The van der Waals surface area contributed by atoms with Crippen molar-refractivity contribution in [2.75, 3.05) is 19.8 Å². The molecule has 2 bridgehead atoms. The van der Waals surface area contributed by atoms with Crippen LogP contribution in [0.25, 0.3) is 0 Å². The van der Waals surface area contributed by atoms with Gasteiger partial charge in [-0.25, -0.2) is 9.59 Å². The summed E-state index contributed by atoms with van der Waals surface area (Å²) in [4.78, 5) is 26.8. The van der Waals surface area contributed by atoms with Crippen LogP contribution in [-0.4, -0.2) is 58.2 Å². The molecule has 0 aromatic carbocycles. The Kier molecular flexibility index (Phi) is 4.49. The second kappa shape index (κ2) is 6.33. The lowest BCUT2D eigenvalue weighted by atomic mass is 9.90. The molecule has 25 heavy (non-hydrogen) atoms. The van der Waals surface area contributed by atoms with Crippen LogP contribution in [0, 0.1) is 0 Å². The van der Waals surface area contributed by atoms with Gasteiger partial charge in [-0.1, -0.05) is 0 Å². The molecule has 138 valence electrons. The van der Waals surface area contributed by atoms with Crippen molar-refractivity contribution in [1.82, 2.24) is 14.7 Å². The minimum absolute atomic E-state index is 0.133. The van der Waals surface area contributed by atoms with Crippen molar-refractivity contribution in [2.24, 2.45) is 7.05 Å². The molecule has 1 amide bonds. The predicted molar refractivity (Wildman–Crippen MR) is 88.3 cm³/mol. The van der Waals surface area contributed by atoms with Crippen molar-refractivity contribution in [1.29, 1.82) is 0 Å². The van der Waals surface area contributed by atoms with E-state index in [2.05, 4.69) is 5.10 Å². The lowest BCUT2D eigenvalue weighted by molar-refractivity contribution is -0.0680. The highest BCUT2D eigenvalue weighted by molar-refractivity contribution is 5.90. The van der Waals surface area contributed by atoms with Crippen molar-refractivity contribution in [3.63, 3.8) is 0 Å². The topological polar surface area (TPSA) is 82.9 Å². The first kappa shape index (κ1) is 17.7. The largest absolute Gasteiger partial charge is 0.461 e. The lowest BCUT2D eigenvalue weighted by Gasteiger charge is -2.45. The van der Waals surface area contributed by atoms with Gasteiger partial charge in [0, 0.05) is 24.7 Å². The van der Waals surface area contributed by atoms with E-state index in [9.17, 15) is 9.59 Å². The second-order valence-electron chi connectivity index (χ2n) is 7.35. The van der Waals surface area contributed by atoms with E-state index < -0.39 is 23.7 Å². The fraction of sp³-hybridized carbons (Fsp3) is 0.706. The summed E-state index contributed by atoms with van der Waals surface area (Å²) in [6.07, 6.45) is 0.170. The number of aryl methyl sites for hydroxylation is 1. The minimum Gasteiger partial charge on any atom is -0.461 e. The normalized spacial score (nSPS) is 22.4. The van der Waals surface area contributed by atoms with Crippen molar-refractivity contribution in [2.45, 2.75) is 51.8 Å². The Morgan fingerprint density at radius 1 is 1.32 bits per heavy atom. The van der Waals surface area contributed by atoms with E-state index in [1.807, 2.05) is 20.8 Å². The van der Waals surface area contributed by atoms with Gasteiger partial charge in [0.2, 0.25) is 0 Å². The molecule has 8 heteroatoms. The summed E-state index contributed by atoms with van der Waals surface area (Å²) in [6.45, 7) is 8.27. The fourth-order valence-corrected chi connectivity index (χ4v) is 3.44. The maximum atomic E-state index is 12.8. The van der Waals surface area contributed by atoms with Crippen LogP contribution in [0.2, 0.25) is 0 Å². The average molecular weight is 351 g/mol. The highest BCUT2D eigenvalue weighted by Gasteiger charge is 2.46. The molecule has 1 saturated heterocycles. The van der Waals surface area contributed by atoms with E-state index in [0.29, 0.717) is 25.2 Å². The van der Waals surface area contributed by atoms with Crippen molar-refractivity contribution < 1.29 is 23.8 Å². The van der Waals surface area contributed by atoms with Gasteiger partial charge >= 0.3 is 12.1 Å². The molecule has 0 N–H and O–H groups in total. The number of ether oxygens (including phenoxy) is 3. The Labute approximate surface area is 147 Å². The summed E-state index contributed by atoms with van der Waals surface area (Å²) in [5.41, 5.74) is 1.32. The number of hydrogen-bond acceptors (Lipinski definition) is 6. The third kappa shape index (κ3) is 3.22. The van der Waals surface area contributed by atoms with E-state index in [1.54, 1.807) is 23.6 Å². The summed E-state index contributed by atoms with van der Waals surface area (Å²) in [5, 5.41) is 4.35. The Bertz CT molecular complexity index is 691. The van der Waals surface area contributed by atoms with Gasteiger partial charge in [0.1, 0.15) is 5.60 Å². The van der Waals surface area contributed by atoms with E-state index in [0.717, 1.165) is 5.69 Å². The summed E-state index contributed by atoms with van der Waals surface area (Å²) in [7, 11) is 1.81. The molecule has 2 atom stereocenters. The van der Waals surface area contributed by atoms with Gasteiger partial charge in [-0.3, -0.25) is 9.58 Å². The Balaban J connectivity index is 2.00. The number of carbonyl (C=O) groups excluding carboxylic acids is 2. The third-order valence-electron chi connectivity index (χ3n) is 4.36. The van der Waals surface area contributed by atoms with Crippen LogP contribution in [-0.2, 0) is 27.7 Å².